The number of carbonyl (C=O) groups excluding carboxylic acids is 1. The van der Waals surface area contributed by atoms with Crippen molar-refractivity contribution in [1.82, 2.24) is 9.78 Å². The minimum atomic E-state index is -4.66. The standard InChI is InChI=1S/C26H18F6N4O3/c1-15-18(14-33-21-8-4-2-6-19(21)25(27,28)29)23(37)36(34-15)17-12-10-16(11-13-17)24(38)39-35-22-9-5-3-7-20(22)26(30,31)32/h2-14,34-35H,1H3. The van der Waals surface area contributed by atoms with Gasteiger partial charge in [0.05, 0.1) is 39.3 Å². The summed E-state index contributed by atoms with van der Waals surface area (Å²) in [7, 11) is 0. The summed E-state index contributed by atoms with van der Waals surface area (Å²) < 4.78 is 80.1. The van der Waals surface area contributed by atoms with Crippen LogP contribution >= 0.6 is 0 Å². The first kappa shape index (κ1) is 27.2. The van der Waals surface area contributed by atoms with E-state index in [1.807, 2.05) is 5.48 Å². The van der Waals surface area contributed by atoms with Gasteiger partial charge >= 0.3 is 18.3 Å². The fraction of sp³-hybridized carbons (Fsp3) is 0.115. The van der Waals surface area contributed by atoms with Gasteiger partial charge in [-0.1, -0.05) is 24.3 Å². The second-order valence-corrected chi connectivity index (χ2v) is 8.15. The van der Waals surface area contributed by atoms with Crippen LogP contribution in [0.5, 0.6) is 0 Å². The van der Waals surface area contributed by atoms with Gasteiger partial charge in [-0.05, 0) is 55.5 Å². The van der Waals surface area contributed by atoms with Gasteiger partial charge < -0.3 is 4.84 Å². The summed E-state index contributed by atoms with van der Waals surface area (Å²) in [5, 5.41) is 2.78. The second-order valence-electron chi connectivity index (χ2n) is 8.15. The number of H-pyrrole nitrogens is 1. The second kappa shape index (κ2) is 10.5. The van der Waals surface area contributed by atoms with Gasteiger partial charge in [0.1, 0.15) is 0 Å². The first-order valence-electron chi connectivity index (χ1n) is 11.1. The average molecular weight is 548 g/mol. The number of rotatable bonds is 6. The number of benzene rings is 3. The number of aromatic amines is 1. The Balaban J connectivity index is 1.51. The van der Waals surface area contributed by atoms with Crippen LogP contribution in [0.15, 0.2) is 82.6 Å². The van der Waals surface area contributed by atoms with Crippen molar-refractivity contribution in [2.75, 3.05) is 5.48 Å². The number of aliphatic imine (C=N–C) groups is 1. The summed E-state index contributed by atoms with van der Waals surface area (Å²) in [6.45, 7) is 1.53. The fourth-order valence-electron chi connectivity index (χ4n) is 3.58. The van der Waals surface area contributed by atoms with E-state index >= 15 is 0 Å². The SMILES string of the molecule is Cc1[nH]n(-c2ccc(C(=O)ONc3ccccc3C(F)(F)F)cc2)c(=O)c1C=Nc1ccccc1C(F)(F)F. The zero-order valence-corrected chi connectivity index (χ0v) is 19.9. The number of hydrogen-bond donors (Lipinski definition) is 2. The number of alkyl halides is 6. The van der Waals surface area contributed by atoms with E-state index in [9.17, 15) is 35.9 Å². The van der Waals surface area contributed by atoms with Gasteiger partial charge in [0.15, 0.2) is 0 Å². The van der Waals surface area contributed by atoms with E-state index in [0.717, 1.165) is 29.1 Å². The lowest BCUT2D eigenvalue weighted by Gasteiger charge is -2.13. The van der Waals surface area contributed by atoms with Gasteiger partial charge in [-0.2, -0.15) is 26.3 Å². The number of carbonyl (C=O) groups is 1. The average Bonchev–Trinajstić information content (AvgIpc) is 3.18. The first-order valence-corrected chi connectivity index (χ1v) is 11.1. The number of anilines is 1. The zero-order chi connectivity index (χ0) is 28.4. The van der Waals surface area contributed by atoms with E-state index in [1.165, 1.54) is 61.5 Å². The Morgan fingerprint density at radius 3 is 2.13 bits per heavy atom. The molecule has 0 bridgehead atoms. The molecule has 0 aliphatic rings. The number of aryl methyl sites for hydroxylation is 1. The molecule has 2 N–H and O–H groups in total. The maximum absolute atomic E-state index is 13.2. The van der Waals surface area contributed by atoms with Crippen molar-refractivity contribution in [3.8, 4) is 5.69 Å². The Bertz CT molecular complexity index is 1580. The molecule has 0 aliphatic heterocycles. The zero-order valence-electron chi connectivity index (χ0n) is 19.9. The van der Waals surface area contributed by atoms with Gasteiger partial charge in [0, 0.05) is 11.9 Å². The summed E-state index contributed by atoms with van der Waals surface area (Å²) >= 11 is 0. The molecule has 0 saturated heterocycles. The Kier molecular flexibility index (Phi) is 7.34. The van der Waals surface area contributed by atoms with Gasteiger partial charge in [-0.15, -0.1) is 0 Å². The van der Waals surface area contributed by atoms with Crippen molar-refractivity contribution in [2.45, 2.75) is 19.3 Å². The molecule has 202 valence electrons. The highest BCUT2D eigenvalue weighted by atomic mass is 19.4. The van der Waals surface area contributed by atoms with Crippen molar-refractivity contribution in [3.63, 3.8) is 0 Å². The van der Waals surface area contributed by atoms with Crippen LogP contribution < -0.4 is 11.0 Å². The quantitative estimate of drug-likeness (QED) is 0.165. The van der Waals surface area contributed by atoms with Crippen molar-refractivity contribution < 1.29 is 36.0 Å². The van der Waals surface area contributed by atoms with Crippen LogP contribution in [0, 0.1) is 6.92 Å². The third kappa shape index (κ3) is 6.03. The molecule has 39 heavy (non-hydrogen) atoms. The van der Waals surface area contributed by atoms with E-state index in [4.69, 9.17) is 4.84 Å². The lowest BCUT2D eigenvalue weighted by atomic mass is 10.1. The van der Waals surface area contributed by atoms with Crippen molar-refractivity contribution >= 4 is 23.6 Å². The summed E-state index contributed by atoms with van der Waals surface area (Å²) in [6, 6.07) is 14.4. The van der Waals surface area contributed by atoms with E-state index < -0.39 is 40.7 Å². The Labute approximate surface area is 216 Å². The molecule has 3 aromatic carbocycles. The van der Waals surface area contributed by atoms with E-state index in [2.05, 4.69) is 10.1 Å². The van der Waals surface area contributed by atoms with Crippen molar-refractivity contribution in [1.29, 1.82) is 0 Å². The molecular weight excluding hydrogens is 530 g/mol. The largest absolute Gasteiger partial charge is 0.418 e. The highest BCUT2D eigenvalue weighted by molar-refractivity contribution is 5.90. The molecule has 4 aromatic rings. The number of nitrogens with one attached hydrogen (secondary N) is 2. The Morgan fingerprint density at radius 1 is 0.897 bits per heavy atom. The van der Waals surface area contributed by atoms with Crippen LogP contribution in [0.4, 0.5) is 37.7 Å². The molecule has 7 nitrogen and oxygen atoms in total. The maximum Gasteiger partial charge on any atom is 0.418 e. The van der Waals surface area contributed by atoms with E-state index in [1.54, 1.807) is 0 Å². The molecule has 0 spiro atoms. The predicted molar refractivity (Wildman–Crippen MR) is 130 cm³/mol. The molecule has 0 amide bonds. The highest BCUT2D eigenvalue weighted by Gasteiger charge is 2.34. The van der Waals surface area contributed by atoms with Crippen LogP contribution in [0.3, 0.4) is 0 Å². The number of halogens is 6. The normalized spacial score (nSPS) is 12.1. The fourth-order valence-corrected chi connectivity index (χ4v) is 3.58. The number of nitrogens with zero attached hydrogens (tertiary/aromatic N) is 2. The summed E-state index contributed by atoms with van der Waals surface area (Å²) in [5.41, 5.74) is -0.794. The van der Waals surface area contributed by atoms with Crippen LogP contribution in [0.2, 0.25) is 0 Å². The van der Waals surface area contributed by atoms with E-state index in [0.29, 0.717) is 5.69 Å². The van der Waals surface area contributed by atoms with Crippen molar-refractivity contribution in [2.24, 2.45) is 4.99 Å². The molecular formula is C26H18F6N4O3. The first-order chi connectivity index (χ1) is 18.4. The molecule has 0 aliphatic carbocycles. The smallest absolute Gasteiger partial charge is 0.338 e. The van der Waals surface area contributed by atoms with Crippen molar-refractivity contribution in [3.05, 3.63) is 111 Å². The lowest BCUT2D eigenvalue weighted by Crippen LogP contribution is -2.18. The molecule has 4 rings (SSSR count). The highest BCUT2D eigenvalue weighted by Crippen LogP contribution is 2.36. The molecule has 0 radical (unpaired) electrons. The number of hydrogen-bond acceptors (Lipinski definition) is 5. The van der Waals surface area contributed by atoms with Crippen LogP contribution in [0.1, 0.15) is 32.7 Å². The molecule has 13 heteroatoms. The molecule has 0 fully saturated rings. The summed E-state index contributed by atoms with van der Waals surface area (Å²) in [4.78, 5) is 33.9. The lowest BCUT2D eigenvalue weighted by molar-refractivity contribution is -0.137. The molecule has 0 saturated carbocycles. The minimum Gasteiger partial charge on any atom is -0.338 e. The number of para-hydroxylation sites is 2. The summed E-state index contributed by atoms with van der Waals surface area (Å²) in [6.07, 6.45) is -8.25. The minimum absolute atomic E-state index is 0.0167. The maximum atomic E-state index is 13.2. The third-order valence-corrected chi connectivity index (χ3v) is 5.51. The Hall–Kier alpha value is -4.81. The molecule has 0 unspecified atom stereocenters. The molecule has 1 heterocycles. The molecule has 0 atom stereocenters. The topological polar surface area (TPSA) is 88.5 Å². The van der Waals surface area contributed by atoms with Gasteiger partial charge in [0.2, 0.25) is 0 Å². The Morgan fingerprint density at radius 2 is 1.49 bits per heavy atom. The molecule has 1 aromatic heterocycles. The monoisotopic (exact) mass is 548 g/mol. The van der Waals surface area contributed by atoms with Gasteiger partial charge in [-0.3, -0.25) is 14.9 Å². The predicted octanol–water partition coefficient (Wildman–Crippen LogP) is 6.45. The van der Waals surface area contributed by atoms with Gasteiger partial charge in [-0.25, -0.2) is 15.0 Å². The van der Waals surface area contributed by atoms with Crippen LogP contribution in [0.25, 0.3) is 5.69 Å². The van der Waals surface area contributed by atoms with Gasteiger partial charge in [0.25, 0.3) is 5.56 Å². The third-order valence-electron chi connectivity index (χ3n) is 5.51. The number of aromatic nitrogens is 2. The van der Waals surface area contributed by atoms with E-state index in [-0.39, 0.29) is 22.5 Å². The van der Waals surface area contributed by atoms with Crippen LogP contribution in [-0.2, 0) is 17.2 Å². The van der Waals surface area contributed by atoms with Crippen LogP contribution in [-0.4, -0.2) is 22.0 Å². The summed E-state index contributed by atoms with van der Waals surface area (Å²) in [5.74, 6) is -0.982.